The molecule has 0 amide bonds. The summed E-state index contributed by atoms with van der Waals surface area (Å²) in [6.07, 6.45) is 9.32. The van der Waals surface area contributed by atoms with Gasteiger partial charge in [0.25, 0.3) is 0 Å². The van der Waals surface area contributed by atoms with Crippen molar-refractivity contribution in [3.63, 3.8) is 0 Å². The third-order valence-electron chi connectivity index (χ3n) is 6.79. The van der Waals surface area contributed by atoms with Crippen LogP contribution < -0.4 is 0 Å². The van der Waals surface area contributed by atoms with E-state index in [1.807, 2.05) is 27.7 Å². The van der Waals surface area contributed by atoms with Gasteiger partial charge in [-0.1, -0.05) is 60.1 Å². The van der Waals surface area contributed by atoms with E-state index in [0.717, 1.165) is 31.6 Å². The van der Waals surface area contributed by atoms with Gasteiger partial charge in [-0.05, 0) is 72.6 Å². The third-order valence-corrected chi connectivity index (χ3v) is 6.79. The highest BCUT2D eigenvalue weighted by Crippen LogP contribution is 2.54. The van der Waals surface area contributed by atoms with Gasteiger partial charge in [0, 0.05) is 11.8 Å². The molecule has 0 radical (unpaired) electrons. The quantitative estimate of drug-likeness (QED) is 0.558. The fourth-order valence-corrected chi connectivity index (χ4v) is 5.26. The zero-order valence-electron chi connectivity index (χ0n) is 17.4. The van der Waals surface area contributed by atoms with E-state index >= 15 is 0 Å². The van der Waals surface area contributed by atoms with Gasteiger partial charge in [-0.25, -0.2) is 0 Å². The lowest BCUT2D eigenvalue weighted by atomic mass is 9.64. The summed E-state index contributed by atoms with van der Waals surface area (Å²) in [6.45, 7) is 12.5. The highest BCUT2D eigenvalue weighted by Gasteiger charge is 2.49. The third kappa shape index (κ3) is 3.44. The summed E-state index contributed by atoms with van der Waals surface area (Å²) in [5, 5.41) is 0. The minimum atomic E-state index is -0.0537. The second kappa shape index (κ2) is 8.52. The molecule has 3 aliphatic rings. The van der Waals surface area contributed by atoms with E-state index in [-0.39, 0.29) is 5.41 Å². The van der Waals surface area contributed by atoms with Crippen molar-refractivity contribution < 1.29 is 4.79 Å². The number of rotatable bonds is 1. The molecule has 1 fully saturated rings. The Morgan fingerprint density at radius 2 is 1.72 bits per heavy atom. The molecule has 1 aromatic carbocycles. The minimum Gasteiger partial charge on any atom is -0.299 e. The van der Waals surface area contributed by atoms with Crippen molar-refractivity contribution in [1.29, 1.82) is 0 Å². The molecule has 1 nitrogen and oxygen atoms in total. The van der Waals surface area contributed by atoms with Crippen molar-refractivity contribution >= 4 is 5.78 Å². The first-order valence-corrected chi connectivity index (χ1v) is 10.8. The largest absolute Gasteiger partial charge is 0.299 e. The van der Waals surface area contributed by atoms with E-state index in [0.29, 0.717) is 11.7 Å². The summed E-state index contributed by atoms with van der Waals surface area (Å²) < 4.78 is 0. The van der Waals surface area contributed by atoms with Crippen LogP contribution in [0.3, 0.4) is 0 Å². The van der Waals surface area contributed by atoms with E-state index < -0.39 is 0 Å². The maximum atomic E-state index is 12.3. The van der Waals surface area contributed by atoms with Crippen LogP contribution in [0.15, 0.2) is 12.1 Å². The molecule has 0 N–H and O–H groups in total. The average molecular weight is 343 g/mol. The summed E-state index contributed by atoms with van der Waals surface area (Å²) >= 11 is 0. The van der Waals surface area contributed by atoms with Gasteiger partial charge in [0.1, 0.15) is 5.78 Å². The zero-order chi connectivity index (χ0) is 18.6. The number of hydrogen-bond acceptors (Lipinski definition) is 1. The van der Waals surface area contributed by atoms with Crippen molar-refractivity contribution in [1.82, 2.24) is 0 Å². The highest BCUT2D eigenvalue weighted by atomic mass is 16.1. The monoisotopic (exact) mass is 342 g/mol. The number of hydrogen-bond donors (Lipinski definition) is 0. The number of Topliss-reactive ketones (excluding diaryl/α,β-unsaturated/α-hetero) is 1. The molecule has 1 aromatic rings. The van der Waals surface area contributed by atoms with Gasteiger partial charge in [0.05, 0.1) is 0 Å². The van der Waals surface area contributed by atoms with Crippen LogP contribution in [0.1, 0.15) is 102 Å². The van der Waals surface area contributed by atoms with Crippen LogP contribution in [0.25, 0.3) is 0 Å². The van der Waals surface area contributed by atoms with Gasteiger partial charge in [0.15, 0.2) is 0 Å². The highest BCUT2D eigenvalue weighted by molar-refractivity contribution is 5.88. The fourth-order valence-electron chi connectivity index (χ4n) is 5.26. The van der Waals surface area contributed by atoms with Gasteiger partial charge in [-0.2, -0.15) is 0 Å². The Morgan fingerprint density at radius 1 is 1.00 bits per heavy atom. The number of ketones is 1. The molecule has 0 spiro atoms. The molecule has 25 heavy (non-hydrogen) atoms. The SMILES string of the molecule is CC.CC.CC[C@H]1CCc2c(ccc3c2CCC2(C)C(=O)CCC32)C1. The fraction of sp³-hybridized carbons (Fsp3) is 0.708. The smallest absolute Gasteiger partial charge is 0.139 e. The lowest BCUT2D eigenvalue weighted by Gasteiger charge is -2.39. The molecule has 1 saturated carbocycles. The van der Waals surface area contributed by atoms with Gasteiger partial charge in [0.2, 0.25) is 0 Å². The Kier molecular flexibility index (Phi) is 6.88. The maximum Gasteiger partial charge on any atom is 0.139 e. The minimum absolute atomic E-state index is 0.0537. The van der Waals surface area contributed by atoms with E-state index in [2.05, 4.69) is 26.0 Å². The van der Waals surface area contributed by atoms with E-state index in [1.165, 1.54) is 31.2 Å². The van der Waals surface area contributed by atoms with Crippen LogP contribution in [0.2, 0.25) is 0 Å². The molecule has 3 aliphatic carbocycles. The van der Waals surface area contributed by atoms with Gasteiger partial charge >= 0.3 is 0 Å². The molecule has 0 heterocycles. The van der Waals surface area contributed by atoms with Crippen molar-refractivity contribution in [2.24, 2.45) is 11.3 Å². The van der Waals surface area contributed by atoms with Crippen molar-refractivity contribution in [2.45, 2.75) is 98.8 Å². The number of carbonyl (C=O) groups excluding carboxylic acids is 1. The molecular formula is C24H38O. The van der Waals surface area contributed by atoms with Crippen LogP contribution in [0, 0.1) is 11.3 Å². The van der Waals surface area contributed by atoms with Gasteiger partial charge < -0.3 is 0 Å². The zero-order valence-corrected chi connectivity index (χ0v) is 17.4. The van der Waals surface area contributed by atoms with E-state index in [4.69, 9.17) is 0 Å². The summed E-state index contributed by atoms with van der Waals surface area (Å²) in [7, 11) is 0. The van der Waals surface area contributed by atoms with Gasteiger partial charge in [-0.3, -0.25) is 4.79 Å². The number of carbonyl (C=O) groups is 1. The first kappa shape index (κ1) is 20.2. The second-order valence-electron chi connectivity index (χ2n) is 7.72. The Morgan fingerprint density at radius 3 is 2.40 bits per heavy atom. The van der Waals surface area contributed by atoms with Crippen LogP contribution in [0.4, 0.5) is 0 Å². The summed E-state index contributed by atoms with van der Waals surface area (Å²) in [4.78, 5) is 12.3. The van der Waals surface area contributed by atoms with Crippen molar-refractivity contribution in [3.05, 3.63) is 34.4 Å². The van der Waals surface area contributed by atoms with Crippen molar-refractivity contribution in [3.8, 4) is 0 Å². The number of benzene rings is 1. The molecule has 1 heteroatoms. The van der Waals surface area contributed by atoms with E-state index in [1.54, 1.807) is 16.7 Å². The molecule has 0 aliphatic heterocycles. The topological polar surface area (TPSA) is 17.1 Å². The molecule has 3 atom stereocenters. The number of fused-ring (bicyclic) bond motifs is 5. The molecule has 0 bridgehead atoms. The molecular weight excluding hydrogens is 304 g/mol. The van der Waals surface area contributed by atoms with Gasteiger partial charge in [-0.15, -0.1) is 0 Å². The standard InChI is InChI=1S/C20H26O.2C2H6/c1-3-13-4-6-15-14(12-13)5-7-17-16(15)10-11-20(2)18(17)8-9-19(20)21;2*1-2/h5,7,13,18H,3-4,6,8-12H2,1-2H3;2*1-2H3/t13-,18?,20?;;/m0../s1. The van der Waals surface area contributed by atoms with E-state index in [9.17, 15) is 4.79 Å². The summed E-state index contributed by atoms with van der Waals surface area (Å²) in [5.74, 6) is 1.90. The molecule has 0 saturated heterocycles. The first-order chi connectivity index (χ1) is 12.1. The molecule has 140 valence electrons. The maximum absolute atomic E-state index is 12.3. The molecule has 0 aromatic heterocycles. The second-order valence-corrected chi connectivity index (χ2v) is 7.72. The van der Waals surface area contributed by atoms with Crippen LogP contribution in [0.5, 0.6) is 0 Å². The normalized spacial score (nSPS) is 29.3. The van der Waals surface area contributed by atoms with Crippen molar-refractivity contribution in [2.75, 3.05) is 0 Å². The Labute approximate surface area is 155 Å². The summed E-state index contributed by atoms with van der Waals surface area (Å²) in [6, 6.07) is 4.78. The lowest BCUT2D eigenvalue weighted by molar-refractivity contribution is -0.126. The predicted molar refractivity (Wildman–Crippen MR) is 108 cm³/mol. The Balaban J connectivity index is 0.000000528. The summed E-state index contributed by atoms with van der Waals surface area (Å²) in [5.41, 5.74) is 6.39. The van der Waals surface area contributed by atoms with Crippen LogP contribution in [-0.4, -0.2) is 5.78 Å². The average Bonchev–Trinajstić information content (AvgIpc) is 2.99. The predicted octanol–water partition coefficient (Wildman–Crippen LogP) is 6.65. The van der Waals surface area contributed by atoms with Crippen LogP contribution in [-0.2, 0) is 24.1 Å². The first-order valence-electron chi connectivity index (χ1n) is 10.8. The lowest BCUT2D eigenvalue weighted by Crippen LogP contribution is -2.33. The Bertz CT molecular complexity index is 600. The molecule has 4 rings (SSSR count). The Hall–Kier alpha value is -1.11. The van der Waals surface area contributed by atoms with Crippen LogP contribution >= 0.6 is 0 Å². The molecule has 2 unspecified atom stereocenters.